The maximum atomic E-state index is 13.2. The van der Waals surface area contributed by atoms with Gasteiger partial charge < -0.3 is 24.5 Å². The molecule has 2 aromatic carbocycles. The topological polar surface area (TPSA) is 97.3 Å². The van der Waals surface area contributed by atoms with Crippen LogP contribution in [0, 0.1) is 5.82 Å². The average molecular weight is 542 g/mol. The molecule has 0 aromatic heterocycles. The standard InChI is InChI=1S/C28H32FN5O3.ClH/c1-28(2,36-16-18-8-11-20(29)12-9-18)27-32-24-25(30)31-17-34(26(24)33-27)15-19-10-13-22(35-3)23(14-19)37-21-6-4-5-7-21;/h8-14,17,21H,4-7,15-16,30H2,1-3H3;1H. The first-order valence-corrected chi connectivity index (χ1v) is 12.5. The summed E-state index contributed by atoms with van der Waals surface area (Å²) >= 11 is 0. The van der Waals surface area contributed by atoms with Gasteiger partial charge >= 0.3 is 0 Å². The van der Waals surface area contributed by atoms with Gasteiger partial charge in [-0.2, -0.15) is 0 Å². The van der Waals surface area contributed by atoms with Gasteiger partial charge in [-0.25, -0.2) is 19.3 Å². The van der Waals surface area contributed by atoms with Crippen molar-refractivity contribution in [3.8, 4) is 23.0 Å². The zero-order valence-corrected chi connectivity index (χ0v) is 22.6. The van der Waals surface area contributed by atoms with Gasteiger partial charge in [0.1, 0.15) is 11.4 Å². The highest BCUT2D eigenvalue weighted by Crippen LogP contribution is 2.34. The molecule has 8 nitrogen and oxygen atoms in total. The SMILES string of the molecule is COc1ccc(Cn2cnc(N)c3nc(C(C)(C)OCc4ccc(F)cc4)nc2-3)cc1OC1CCCC1.Cl. The maximum Gasteiger partial charge on any atom is 0.166 e. The number of imidazole rings is 1. The number of nitrogens with zero attached hydrogens (tertiary/aromatic N) is 4. The van der Waals surface area contributed by atoms with Crippen LogP contribution in [0.2, 0.25) is 0 Å². The first-order valence-electron chi connectivity index (χ1n) is 12.5. The summed E-state index contributed by atoms with van der Waals surface area (Å²) in [6.45, 7) is 4.59. The molecule has 38 heavy (non-hydrogen) atoms. The lowest BCUT2D eigenvalue weighted by Gasteiger charge is -2.22. The summed E-state index contributed by atoms with van der Waals surface area (Å²) in [4.78, 5) is 13.8. The molecule has 2 aliphatic heterocycles. The molecule has 0 bridgehead atoms. The van der Waals surface area contributed by atoms with Crippen molar-refractivity contribution in [3.63, 3.8) is 0 Å². The minimum atomic E-state index is -0.805. The summed E-state index contributed by atoms with van der Waals surface area (Å²) < 4.78 is 33.1. The van der Waals surface area contributed by atoms with Gasteiger partial charge in [-0.05, 0) is 74.9 Å². The first-order chi connectivity index (χ1) is 17.8. The second-order valence-corrected chi connectivity index (χ2v) is 9.91. The van der Waals surface area contributed by atoms with Crippen LogP contribution in [0.4, 0.5) is 10.2 Å². The van der Waals surface area contributed by atoms with Crippen molar-refractivity contribution in [2.24, 2.45) is 0 Å². The Hall–Kier alpha value is -3.43. The number of halogens is 2. The highest BCUT2D eigenvalue weighted by molar-refractivity contribution is 5.85. The van der Waals surface area contributed by atoms with Crippen LogP contribution in [0.1, 0.15) is 56.5 Å². The van der Waals surface area contributed by atoms with E-state index in [1.165, 1.54) is 25.0 Å². The Kier molecular flexibility index (Phi) is 8.38. The number of fused-ring (bicyclic) bond motifs is 1. The quantitative estimate of drug-likeness (QED) is 0.288. The molecule has 202 valence electrons. The van der Waals surface area contributed by atoms with E-state index in [0.29, 0.717) is 36.3 Å². The van der Waals surface area contributed by atoms with E-state index >= 15 is 0 Å². The fourth-order valence-electron chi connectivity index (χ4n) is 4.54. The lowest BCUT2D eigenvalue weighted by Crippen LogP contribution is -2.23. The van der Waals surface area contributed by atoms with Gasteiger partial charge in [-0.15, -0.1) is 12.4 Å². The van der Waals surface area contributed by atoms with E-state index in [2.05, 4.69) is 9.97 Å². The third kappa shape index (κ3) is 6.00. The lowest BCUT2D eigenvalue weighted by molar-refractivity contribution is -0.0393. The fourth-order valence-corrected chi connectivity index (χ4v) is 4.54. The molecule has 2 N–H and O–H groups in total. The fraction of sp³-hybridized carbons (Fsp3) is 0.393. The maximum absolute atomic E-state index is 13.2. The number of ether oxygens (including phenoxy) is 3. The number of hydrogen-bond acceptors (Lipinski definition) is 7. The highest BCUT2D eigenvalue weighted by atomic mass is 35.5. The van der Waals surface area contributed by atoms with E-state index in [1.54, 1.807) is 25.6 Å². The van der Waals surface area contributed by atoms with Crippen molar-refractivity contribution in [1.82, 2.24) is 19.5 Å². The molecular formula is C28H33ClFN5O3. The van der Waals surface area contributed by atoms with Crippen molar-refractivity contribution in [2.75, 3.05) is 12.8 Å². The van der Waals surface area contributed by atoms with E-state index in [1.807, 2.05) is 36.6 Å². The molecule has 1 aliphatic carbocycles. The molecule has 5 rings (SSSR count). The molecule has 1 saturated carbocycles. The minimum absolute atomic E-state index is 0. The Morgan fingerprint density at radius 1 is 1.03 bits per heavy atom. The van der Waals surface area contributed by atoms with Crippen LogP contribution in [0.15, 0.2) is 48.8 Å². The van der Waals surface area contributed by atoms with E-state index in [0.717, 1.165) is 35.5 Å². The van der Waals surface area contributed by atoms with Crippen LogP contribution in [0.3, 0.4) is 0 Å². The molecule has 2 heterocycles. The van der Waals surface area contributed by atoms with Crippen LogP contribution < -0.4 is 15.2 Å². The molecule has 0 atom stereocenters. The number of methoxy groups -OCH3 is 1. The predicted molar refractivity (Wildman–Crippen MR) is 145 cm³/mol. The summed E-state index contributed by atoms with van der Waals surface area (Å²) in [6.07, 6.45) is 6.41. The first kappa shape index (κ1) is 27.6. The normalized spacial score (nSPS) is 14.0. The zero-order chi connectivity index (χ0) is 26.0. The number of aromatic nitrogens is 4. The molecule has 2 aromatic rings. The van der Waals surface area contributed by atoms with Gasteiger partial charge in [0, 0.05) is 0 Å². The highest BCUT2D eigenvalue weighted by Gasteiger charge is 2.30. The summed E-state index contributed by atoms with van der Waals surface area (Å²) in [5.74, 6) is 2.61. The van der Waals surface area contributed by atoms with Crippen LogP contribution in [0.25, 0.3) is 11.5 Å². The van der Waals surface area contributed by atoms with Gasteiger partial charge in [0.15, 0.2) is 34.7 Å². The summed E-state index contributed by atoms with van der Waals surface area (Å²) in [5, 5.41) is 0. The number of benzene rings is 2. The summed E-state index contributed by atoms with van der Waals surface area (Å²) in [5.41, 5.74) is 7.76. The molecule has 3 aliphatic rings. The molecule has 1 fully saturated rings. The van der Waals surface area contributed by atoms with Crippen LogP contribution >= 0.6 is 12.4 Å². The van der Waals surface area contributed by atoms with E-state index in [-0.39, 0.29) is 24.3 Å². The molecule has 0 amide bonds. The van der Waals surface area contributed by atoms with Crippen molar-refractivity contribution >= 4 is 18.2 Å². The molecule has 0 spiro atoms. The second kappa shape index (κ2) is 11.5. The molecule has 0 radical (unpaired) electrons. The van der Waals surface area contributed by atoms with Gasteiger partial charge in [-0.1, -0.05) is 18.2 Å². The zero-order valence-electron chi connectivity index (χ0n) is 21.8. The van der Waals surface area contributed by atoms with Crippen molar-refractivity contribution in [1.29, 1.82) is 0 Å². The Labute approximate surface area is 228 Å². The van der Waals surface area contributed by atoms with Crippen molar-refractivity contribution in [2.45, 2.75) is 64.4 Å². The molecule has 0 unspecified atom stereocenters. The number of nitrogen functional groups attached to an aromatic ring is 1. The smallest absolute Gasteiger partial charge is 0.166 e. The van der Waals surface area contributed by atoms with E-state index < -0.39 is 5.60 Å². The van der Waals surface area contributed by atoms with E-state index in [9.17, 15) is 4.39 Å². The molecule has 10 heteroatoms. The Morgan fingerprint density at radius 3 is 2.45 bits per heavy atom. The number of rotatable bonds is 9. The van der Waals surface area contributed by atoms with Gasteiger partial charge in [0.2, 0.25) is 0 Å². The van der Waals surface area contributed by atoms with Gasteiger partial charge in [0.25, 0.3) is 0 Å². The van der Waals surface area contributed by atoms with Crippen molar-refractivity contribution in [3.05, 3.63) is 71.6 Å². The Bertz CT molecular complexity index is 1340. The minimum Gasteiger partial charge on any atom is -0.493 e. The van der Waals surface area contributed by atoms with Gasteiger partial charge in [-0.3, -0.25) is 0 Å². The average Bonchev–Trinajstić information content (AvgIpc) is 3.57. The Morgan fingerprint density at radius 2 is 1.74 bits per heavy atom. The van der Waals surface area contributed by atoms with E-state index in [4.69, 9.17) is 24.9 Å². The van der Waals surface area contributed by atoms with Crippen molar-refractivity contribution < 1.29 is 18.6 Å². The van der Waals surface area contributed by atoms with Crippen LogP contribution in [0.5, 0.6) is 11.5 Å². The number of nitrogens with two attached hydrogens (primary N) is 1. The van der Waals surface area contributed by atoms with Gasteiger partial charge in [0.05, 0.1) is 32.7 Å². The third-order valence-corrected chi connectivity index (χ3v) is 6.72. The second-order valence-electron chi connectivity index (χ2n) is 9.91. The third-order valence-electron chi connectivity index (χ3n) is 6.72. The van der Waals surface area contributed by atoms with Crippen LogP contribution in [-0.2, 0) is 23.5 Å². The number of hydrogen-bond donors (Lipinski definition) is 1. The molecular weight excluding hydrogens is 509 g/mol. The largest absolute Gasteiger partial charge is 0.493 e. The van der Waals surface area contributed by atoms with Crippen LogP contribution in [-0.4, -0.2) is 32.7 Å². The summed E-state index contributed by atoms with van der Waals surface area (Å²) in [6, 6.07) is 12.2. The summed E-state index contributed by atoms with van der Waals surface area (Å²) in [7, 11) is 1.65. The molecule has 0 saturated heterocycles. The monoisotopic (exact) mass is 541 g/mol. The number of anilines is 1. The lowest BCUT2D eigenvalue weighted by atomic mass is 10.1. The Balaban J connectivity index is 0.00000336. The predicted octanol–water partition coefficient (Wildman–Crippen LogP) is 5.75.